The van der Waals surface area contributed by atoms with Crippen molar-refractivity contribution in [2.45, 2.75) is 13.0 Å². The molecule has 0 aliphatic carbocycles. The van der Waals surface area contributed by atoms with Crippen LogP contribution in [0.25, 0.3) is 0 Å². The van der Waals surface area contributed by atoms with Gasteiger partial charge in [0.25, 0.3) is 5.91 Å². The lowest BCUT2D eigenvalue weighted by Gasteiger charge is -2.15. The highest BCUT2D eigenvalue weighted by Gasteiger charge is 2.19. The maximum Gasteiger partial charge on any atom is 0.338 e. The van der Waals surface area contributed by atoms with E-state index >= 15 is 0 Å². The molecule has 0 heterocycles. The summed E-state index contributed by atoms with van der Waals surface area (Å²) in [6, 6.07) is 13.7. The Morgan fingerprint density at radius 1 is 1.12 bits per heavy atom. The summed E-state index contributed by atoms with van der Waals surface area (Å²) in [6.07, 6.45) is -0.926. The van der Waals surface area contributed by atoms with Crippen LogP contribution >= 0.6 is 11.6 Å². The molecule has 0 unspecified atom stereocenters. The second-order valence-electron chi connectivity index (χ2n) is 5.49. The highest BCUT2D eigenvalue weighted by atomic mass is 35.5. The minimum atomic E-state index is -0.926. The first-order chi connectivity index (χ1) is 11.4. The Morgan fingerprint density at radius 2 is 1.79 bits per heavy atom. The van der Waals surface area contributed by atoms with E-state index in [1.54, 1.807) is 36.4 Å². The Kier molecular flexibility index (Phi) is 5.82. The molecule has 5 nitrogen and oxygen atoms in total. The van der Waals surface area contributed by atoms with Crippen molar-refractivity contribution in [1.29, 1.82) is 0 Å². The van der Waals surface area contributed by atoms with E-state index in [1.165, 1.54) is 6.92 Å². The smallest absolute Gasteiger partial charge is 0.338 e. The number of anilines is 2. The van der Waals surface area contributed by atoms with Crippen molar-refractivity contribution in [1.82, 2.24) is 0 Å². The minimum absolute atomic E-state index is 0.392. The third-order valence-corrected chi connectivity index (χ3v) is 3.60. The number of rotatable bonds is 5. The molecular formula is C18H19ClN2O3. The van der Waals surface area contributed by atoms with Crippen LogP contribution in [0, 0.1) is 0 Å². The van der Waals surface area contributed by atoms with Gasteiger partial charge in [0.1, 0.15) is 0 Å². The molecule has 0 spiro atoms. The number of halogens is 1. The summed E-state index contributed by atoms with van der Waals surface area (Å²) >= 11 is 5.87. The van der Waals surface area contributed by atoms with E-state index in [9.17, 15) is 9.59 Å². The first kappa shape index (κ1) is 17.8. The lowest BCUT2D eigenvalue weighted by Crippen LogP contribution is -2.30. The number of nitrogens with zero attached hydrogens (tertiary/aromatic N) is 1. The van der Waals surface area contributed by atoms with Gasteiger partial charge < -0.3 is 15.0 Å². The molecule has 6 heteroatoms. The van der Waals surface area contributed by atoms with E-state index in [-0.39, 0.29) is 0 Å². The van der Waals surface area contributed by atoms with Gasteiger partial charge in [0.2, 0.25) is 0 Å². The number of nitrogens with one attached hydrogen (secondary N) is 1. The predicted octanol–water partition coefficient (Wildman–Crippen LogP) is 3.59. The summed E-state index contributed by atoms with van der Waals surface area (Å²) in [5.41, 5.74) is 1.91. The van der Waals surface area contributed by atoms with Gasteiger partial charge in [-0.05, 0) is 49.4 Å². The number of hydrogen-bond acceptors (Lipinski definition) is 4. The van der Waals surface area contributed by atoms with Crippen molar-refractivity contribution in [2.24, 2.45) is 0 Å². The Balaban J connectivity index is 1.96. The summed E-state index contributed by atoms with van der Waals surface area (Å²) in [7, 11) is 3.82. The summed E-state index contributed by atoms with van der Waals surface area (Å²) < 4.78 is 5.20. The van der Waals surface area contributed by atoms with Crippen LogP contribution < -0.4 is 10.2 Å². The van der Waals surface area contributed by atoms with E-state index in [2.05, 4.69) is 5.32 Å². The third-order valence-electron chi connectivity index (χ3n) is 3.36. The molecule has 1 amide bonds. The van der Waals surface area contributed by atoms with Gasteiger partial charge in [-0.15, -0.1) is 0 Å². The second kappa shape index (κ2) is 7.84. The quantitative estimate of drug-likeness (QED) is 0.840. The van der Waals surface area contributed by atoms with Crippen molar-refractivity contribution in [3.63, 3.8) is 0 Å². The molecule has 0 saturated carbocycles. The zero-order valence-electron chi connectivity index (χ0n) is 13.7. The maximum atomic E-state index is 12.1. The van der Waals surface area contributed by atoms with Gasteiger partial charge in [0.15, 0.2) is 6.10 Å². The fraction of sp³-hybridized carbons (Fsp3) is 0.222. The Bertz CT molecular complexity index is 729. The van der Waals surface area contributed by atoms with Gasteiger partial charge in [-0.25, -0.2) is 4.79 Å². The second-order valence-corrected chi connectivity index (χ2v) is 5.92. The van der Waals surface area contributed by atoms with Crippen LogP contribution in [-0.2, 0) is 9.53 Å². The number of esters is 1. The molecule has 2 rings (SSSR count). The van der Waals surface area contributed by atoms with Crippen molar-refractivity contribution in [3.8, 4) is 0 Å². The number of hydrogen-bond donors (Lipinski definition) is 1. The van der Waals surface area contributed by atoms with Gasteiger partial charge >= 0.3 is 5.97 Å². The molecule has 0 aliphatic heterocycles. The van der Waals surface area contributed by atoms with Crippen LogP contribution in [0.3, 0.4) is 0 Å². The van der Waals surface area contributed by atoms with Gasteiger partial charge in [-0.1, -0.05) is 17.7 Å². The van der Waals surface area contributed by atoms with Gasteiger partial charge in [-0.2, -0.15) is 0 Å². The molecule has 0 fully saturated rings. The van der Waals surface area contributed by atoms with E-state index in [1.807, 2.05) is 31.1 Å². The summed E-state index contributed by atoms with van der Waals surface area (Å²) in [4.78, 5) is 26.1. The molecule has 0 radical (unpaired) electrons. The first-order valence-corrected chi connectivity index (χ1v) is 7.79. The third kappa shape index (κ3) is 4.73. The van der Waals surface area contributed by atoms with Crippen molar-refractivity contribution >= 4 is 34.9 Å². The molecule has 126 valence electrons. The zero-order chi connectivity index (χ0) is 17.7. The van der Waals surface area contributed by atoms with E-state index in [0.717, 1.165) is 5.69 Å². The molecule has 2 aromatic carbocycles. The van der Waals surface area contributed by atoms with Crippen LogP contribution in [0.15, 0.2) is 48.5 Å². The predicted molar refractivity (Wildman–Crippen MR) is 95.7 cm³/mol. The van der Waals surface area contributed by atoms with Crippen LogP contribution in [0.5, 0.6) is 0 Å². The largest absolute Gasteiger partial charge is 0.449 e. The Hall–Kier alpha value is -2.53. The van der Waals surface area contributed by atoms with Gasteiger partial charge in [0, 0.05) is 30.5 Å². The lowest BCUT2D eigenvalue weighted by molar-refractivity contribution is -0.123. The van der Waals surface area contributed by atoms with Crippen molar-refractivity contribution < 1.29 is 14.3 Å². The molecule has 1 atom stereocenters. The molecule has 0 saturated heterocycles. The van der Waals surface area contributed by atoms with Crippen molar-refractivity contribution in [2.75, 3.05) is 24.3 Å². The number of carbonyl (C=O) groups is 2. The van der Waals surface area contributed by atoms with E-state index in [4.69, 9.17) is 16.3 Å². The normalized spacial score (nSPS) is 11.5. The SMILES string of the molecule is C[C@@H](OC(=O)c1ccc(N(C)C)cc1)C(=O)Nc1cccc(Cl)c1. The molecule has 0 bridgehead atoms. The van der Waals surface area contributed by atoms with Crippen LogP contribution in [0.1, 0.15) is 17.3 Å². The van der Waals surface area contributed by atoms with Crippen LogP contribution in [0.2, 0.25) is 5.02 Å². The lowest BCUT2D eigenvalue weighted by atomic mass is 10.2. The topological polar surface area (TPSA) is 58.6 Å². The average Bonchev–Trinajstić information content (AvgIpc) is 2.54. The maximum absolute atomic E-state index is 12.1. The van der Waals surface area contributed by atoms with E-state index in [0.29, 0.717) is 16.3 Å². The standard InChI is InChI=1S/C18H19ClN2O3/c1-12(17(22)20-15-6-4-5-14(19)11-15)24-18(23)13-7-9-16(10-8-13)21(2)3/h4-12H,1-3H3,(H,20,22)/t12-/m1/s1. The average molecular weight is 347 g/mol. The van der Waals surface area contributed by atoms with Gasteiger partial charge in [0.05, 0.1) is 5.56 Å². The zero-order valence-corrected chi connectivity index (χ0v) is 14.5. The highest BCUT2D eigenvalue weighted by molar-refractivity contribution is 6.30. The monoisotopic (exact) mass is 346 g/mol. The Morgan fingerprint density at radius 3 is 2.38 bits per heavy atom. The molecular weight excluding hydrogens is 328 g/mol. The van der Waals surface area contributed by atoms with Crippen LogP contribution in [-0.4, -0.2) is 32.1 Å². The summed E-state index contributed by atoms with van der Waals surface area (Å²) in [6.45, 7) is 1.52. The Labute approximate surface area is 146 Å². The fourth-order valence-electron chi connectivity index (χ4n) is 1.99. The minimum Gasteiger partial charge on any atom is -0.449 e. The molecule has 2 aromatic rings. The summed E-state index contributed by atoms with van der Waals surface area (Å²) in [5.74, 6) is -0.968. The molecule has 0 aromatic heterocycles. The van der Waals surface area contributed by atoms with Crippen molar-refractivity contribution in [3.05, 3.63) is 59.1 Å². The van der Waals surface area contributed by atoms with Gasteiger partial charge in [-0.3, -0.25) is 4.79 Å². The molecule has 0 aliphatic rings. The van der Waals surface area contributed by atoms with Crippen LogP contribution in [0.4, 0.5) is 11.4 Å². The highest BCUT2D eigenvalue weighted by Crippen LogP contribution is 2.16. The number of benzene rings is 2. The molecule has 24 heavy (non-hydrogen) atoms. The number of ether oxygens (including phenoxy) is 1. The first-order valence-electron chi connectivity index (χ1n) is 7.41. The number of amides is 1. The summed E-state index contributed by atoms with van der Waals surface area (Å²) in [5, 5.41) is 3.17. The number of carbonyl (C=O) groups excluding carboxylic acids is 2. The van der Waals surface area contributed by atoms with E-state index < -0.39 is 18.0 Å². The fourth-order valence-corrected chi connectivity index (χ4v) is 2.18. The molecule has 1 N–H and O–H groups in total.